The maximum absolute atomic E-state index is 13.3. The largest absolute Gasteiger partial charge is 0.378 e. The maximum atomic E-state index is 13.3. The van der Waals surface area contributed by atoms with Crippen molar-refractivity contribution in [1.29, 1.82) is 0 Å². The van der Waals surface area contributed by atoms with Gasteiger partial charge in [-0.3, -0.25) is 14.9 Å². The summed E-state index contributed by atoms with van der Waals surface area (Å²) in [6, 6.07) is 2.96. The second-order valence-electron chi connectivity index (χ2n) is 7.50. The third-order valence-electron chi connectivity index (χ3n) is 5.20. The topological polar surface area (TPSA) is 180 Å². The number of nitrogens with one attached hydrogen (secondary N) is 1. The molecule has 1 aromatic rings. The van der Waals surface area contributed by atoms with Crippen LogP contribution in [0.1, 0.15) is 6.42 Å². The monoisotopic (exact) mass is 499 g/mol. The number of azide groups is 1. The van der Waals surface area contributed by atoms with Crippen LogP contribution in [0.5, 0.6) is 0 Å². The second kappa shape index (κ2) is 13.2. The third-order valence-corrected chi connectivity index (χ3v) is 7.12. The molecule has 1 heterocycles. The van der Waals surface area contributed by atoms with Crippen LogP contribution in [0.3, 0.4) is 0 Å². The smallest absolute Gasteiger partial charge is 0.289 e. The van der Waals surface area contributed by atoms with Gasteiger partial charge < -0.3 is 19.7 Å². The Morgan fingerprint density at radius 2 is 2.00 bits per heavy atom. The zero-order chi connectivity index (χ0) is 25.1. The van der Waals surface area contributed by atoms with Gasteiger partial charge in [-0.2, -0.15) is 4.31 Å². The maximum Gasteiger partial charge on any atom is 0.289 e. The summed E-state index contributed by atoms with van der Waals surface area (Å²) in [5, 5.41) is 17.9. The van der Waals surface area contributed by atoms with Gasteiger partial charge in [-0.15, -0.1) is 0 Å². The summed E-state index contributed by atoms with van der Waals surface area (Å²) in [5.41, 5.74) is 8.20. The summed E-state index contributed by atoms with van der Waals surface area (Å²) >= 11 is 0. The van der Waals surface area contributed by atoms with Crippen molar-refractivity contribution in [2.24, 2.45) is 5.11 Å². The number of carbonyl (C=O) groups excluding carboxylic acids is 1. The number of hydrogen-bond acceptors (Lipinski definition) is 9. The molecule has 0 unspecified atom stereocenters. The van der Waals surface area contributed by atoms with E-state index in [1.807, 2.05) is 7.05 Å². The van der Waals surface area contributed by atoms with Crippen LogP contribution in [0.4, 0.5) is 5.69 Å². The summed E-state index contributed by atoms with van der Waals surface area (Å²) in [5.74, 6) is -0.522. The van der Waals surface area contributed by atoms with E-state index < -0.39 is 43.5 Å². The molecule has 0 aromatic heterocycles. The van der Waals surface area contributed by atoms with E-state index in [0.717, 1.165) is 23.0 Å². The average Bonchev–Trinajstić information content (AvgIpc) is 3.25. The van der Waals surface area contributed by atoms with Gasteiger partial charge in [0, 0.05) is 37.7 Å². The zero-order valence-electron chi connectivity index (χ0n) is 19.1. The average molecular weight is 500 g/mol. The van der Waals surface area contributed by atoms with E-state index in [4.69, 9.17) is 15.0 Å². The molecule has 0 saturated carbocycles. The molecule has 14 nitrogen and oxygen atoms in total. The predicted molar refractivity (Wildman–Crippen MR) is 122 cm³/mol. The molecule has 0 bridgehead atoms. The van der Waals surface area contributed by atoms with Gasteiger partial charge in [0.2, 0.25) is 5.91 Å². The second-order valence-corrected chi connectivity index (χ2v) is 9.36. The lowest BCUT2D eigenvalue weighted by atomic mass is 10.1. The molecule has 0 aliphatic carbocycles. The Hall–Kier alpha value is -2.81. The lowest BCUT2D eigenvalue weighted by Crippen LogP contribution is -2.47. The van der Waals surface area contributed by atoms with Crippen molar-refractivity contribution in [2.45, 2.75) is 23.4 Å². The molecule has 1 fully saturated rings. The van der Waals surface area contributed by atoms with Crippen molar-refractivity contribution in [1.82, 2.24) is 14.5 Å². The minimum atomic E-state index is -4.43. The number of para-hydroxylation sites is 1. The van der Waals surface area contributed by atoms with E-state index in [1.165, 1.54) is 24.1 Å². The van der Waals surface area contributed by atoms with Crippen molar-refractivity contribution in [2.75, 3.05) is 60.2 Å². The summed E-state index contributed by atoms with van der Waals surface area (Å²) in [7, 11) is -1.10. The number of nitrogens with zero attached hydrogens (tertiary/aromatic N) is 6. The highest BCUT2D eigenvalue weighted by atomic mass is 32.2. The Kier molecular flexibility index (Phi) is 10.6. The van der Waals surface area contributed by atoms with Crippen LogP contribution in [0.25, 0.3) is 10.4 Å². The molecule has 188 valence electrons. The highest BCUT2D eigenvalue weighted by molar-refractivity contribution is 7.89. The van der Waals surface area contributed by atoms with Gasteiger partial charge in [0.1, 0.15) is 6.04 Å². The first-order valence-electron chi connectivity index (χ1n) is 10.6. The first-order chi connectivity index (χ1) is 16.2. The Bertz CT molecular complexity index is 1000. The van der Waals surface area contributed by atoms with E-state index in [1.54, 1.807) is 0 Å². The number of nitro groups is 1. The number of carbonyl (C=O) groups is 1. The number of sulfonamides is 1. The van der Waals surface area contributed by atoms with Gasteiger partial charge in [-0.05, 0) is 25.1 Å². The van der Waals surface area contributed by atoms with Gasteiger partial charge in [-0.25, -0.2) is 8.42 Å². The zero-order valence-corrected chi connectivity index (χ0v) is 19.9. The Balaban J connectivity index is 2.10. The molecular formula is C19H29N7O7S. The molecule has 34 heavy (non-hydrogen) atoms. The molecule has 0 spiro atoms. The van der Waals surface area contributed by atoms with Crippen molar-refractivity contribution in [3.63, 3.8) is 0 Å². The first kappa shape index (κ1) is 27.4. The molecule has 0 radical (unpaired) electrons. The molecule has 2 rings (SSSR count). The van der Waals surface area contributed by atoms with Crippen molar-refractivity contribution in [3.05, 3.63) is 44.8 Å². The van der Waals surface area contributed by atoms with Gasteiger partial charge in [-0.1, -0.05) is 17.2 Å². The summed E-state index contributed by atoms with van der Waals surface area (Å²) in [4.78, 5) is 27.2. The summed E-state index contributed by atoms with van der Waals surface area (Å²) in [6.45, 7) is 2.16. The van der Waals surface area contributed by atoms with Gasteiger partial charge in [0.15, 0.2) is 4.90 Å². The molecule has 1 saturated heterocycles. The standard InChI is InChI=1S/C19H29N7O7S/c1-21-7-9-32-11-12-33-10-8-24(2)19(27)17-13-15(22-23-20)14-25(17)34(30,31)18-6-4-3-5-16(18)26(28)29/h3-6,15,17,21H,7-14H2,1-2H3/t15-,17-/m0/s1. The molecule has 1 aromatic carbocycles. The fourth-order valence-corrected chi connectivity index (χ4v) is 5.24. The number of nitro benzene ring substituents is 1. The van der Waals surface area contributed by atoms with Crippen LogP contribution in [0.15, 0.2) is 34.3 Å². The summed E-state index contributed by atoms with van der Waals surface area (Å²) in [6.07, 6.45) is -0.0345. The lowest BCUT2D eigenvalue weighted by Gasteiger charge is -2.27. The van der Waals surface area contributed by atoms with Gasteiger partial charge in [0.05, 0.1) is 37.4 Å². The van der Waals surface area contributed by atoms with Crippen LogP contribution in [0, 0.1) is 10.1 Å². The van der Waals surface area contributed by atoms with Crippen LogP contribution >= 0.6 is 0 Å². The van der Waals surface area contributed by atoms with Crippen LogP contribution < -0.4 is 5.32 Å². The molecule has 1 amide bonds. The van der Waals surface area contributed by atoms with Crippen molar-refractivity contribution in [3.8, 4) is 0 Å². The fraction of sp³-hybridized carbons (Fsp3) is 0.632. The van der Waals surface area contributed by atoms with Crippen molar-refractivity contribution < 1.29 is 27.6 Å². The van der Waals surface area contributed by atoms with Crippen LogP contribution in [-0.4, -0.2) is 101 Å². The molecule has 1 aliphatic rings. The SMILES string of the molecule is CNCCOCCOCCN(C)C(=O)[C@@H]1C[C@H](N=[N+]=[N-])CN1S(=O)(=O)c1ccccc1[N+](=O)[O-]. The molecule has 1 aliphatic heterocycles. The van der Waals surface area contributed by atoms with Gasteiger partial charge in [0.25, 0.3) is 15.7 Å². The summed E-state index contributed by atoms with van der Waals surface area (Å²) < 4.78 is 38.3. The predicted octanol–water partition coefficient (Wildman–Crippen LogP) is 0.748. The highest BCUT2D eigenvalue weighted by Gasteiger charge is 2.46. The number of ether oxygens (including phenoxy) is 2. The Morgan fingerprint density at radius 1 is 1.32 bits per heavy atom. The number of amides is 1. The Labute approximate surface area is 197 Å². The fourth-order valence-electron chi connectivity index (χ4n) is 3.45. The number of hydrogen-bond donors (Lipinski definition) is 1. The number of benzene rings is 1. The van der Waals surface area contributed by atoms with Crippen LogP contribution in [0.2, 0.25) is 0 Å². The Morgan fingerprint density at radius 3 is 2.65 bits per heavy atom. The quantitative estimate of drug-likeness (QED) is 0.0971. The van der Waals surface area contributed by atoms with E-state index >= 15 is 0 Å². The lowest BCUT2D eigenvalue weighted by molar-refractivity contribution is -0.387. The molecular weight excluding hydrogens is 470 g/mol. The normalized spacial score (nSPS) is 18.4. The van der Waals surface area contributed by atoms with Crippen molar-refractivity contribution >= 4 is 21.6 Å². The number of likely N-dealkylation sites (N-methyl/N-ethyl adjacent to an activating group) is 2. The van der Waals surface area contributed by atoms with Crippen LogP contribution in [-0.2, 0) is 24.3 Å². The molecule has 2 atom stereocenters. The van der Waals surface area contributed by atoms with E-state index in [2.05, 4.69) is 15.3 Å². The van der Waals surface area contributed by atoms with E-state index in [9.17, 15) is 23.3 Å². The third kappa shape index (κ3) is 7.09. The molecule has 15 heteroatoms. The highest BCUT2D eigenvalue weighted by Crippen LogP contribution is 2.33. The van der Waals surface area contributed by atoms with E-state index in [0.29, 0.717) is 19.8 Å². The van der Waals surface area contributed by atoms with Gasteiger partial charge >= 0.3 is 0 Å². The van der Waals surface area contributed by atoms with E-state index in [-0.39, 0.29) is 26.1 Å². The number of rotatable bonds is 14. The minimum absolute atomic E-state index is 0.0345. The first-order valence-corrected chi connectivity index (χ1v) is 12.0. The minimum Gasteiger partial charge on any atom is -0.378 e. The molecule has 1 N–H and O–H groups in total.